The molecule has 20 heavy (non-hydrogen) atoms. The molecule has 1 amide bonds. The molecule has 2 rings (SSSR count). The quantitative estimate of drug-likeness (QED) is 0.876. The minimum absolute atomic E-state index is 0.0586. The zero-order valence-corrected chi connectivity index (χ0v) is 11.6. The summed E-state index contributed by atoms with van der Waals surface area (Å²) in [6.45, 7) is 0.232. The normalized spacial score (nSPS) is 21.5. The van der Waals surface area contributed by atoms with E-state index < -0.39 is 17.4 Å². The van der Waals surface area contributed by atoms with E-state index in [-0.39, 0.29) is 18.6 Å². The molecule has 6 nitrogen and oxygen atoms in total. The van der Waals surface area contributed by atoms with Crippen LogP contribution >= 0.6 is 11.6 Å². The van der Waals surface area contributed by atoms with Crippen molar-refractivity contribution in [2.45, 2.75) is 12.0 Å². The zero-order valence-electron chi connectivity index (χ0n) is 10.8. The first kappa shape index (κ1) is 14.6. The van der Waals surface area contributed by atoms with E-state index in [0.717, 1.165) is 0 Å². The van der Waals surface area contributed by atoms with Crippen LogP contribution in [0.25, 0.3) is 0 Å². The topological polar surface area (TPSA) is 84.9 Å². The Morgan fingerprint density at radius 2 is 2.25 bits per heavy atom. The second kappa shape index (κ2) is 5.68. The average Bonchev–Trinajstić information content (AvgIpc) is 2.88. The lowest BCUT2D eigenvalue weighted by molar-refractivity contribution is -0.144. The van der Waals surface area contributed by atoms with Gasteiger partial charge in [-0.2, -0.15) is 0 Å². The Hall–Kier alpha value is -1.79. The number of amides is 1. The summed E-state index contributed by atoms with van der Waals surface area (Å²) in [6, 6.07) is 4.57. The van der Waals surface area contributed by atoms with Crippen molar-refractivity contribution in [1.82, 2.24) is 5.32 Å². The molecule has 0 aliphatic carbocycles. The van der Waals surface area contributed by atoms with E-state index in [9.17, 15) is 14.7 Å². The lowest BCUT2D eigenvalue weighted by atomic mass is 9.98. The van der Waals surface area contributed by atoms with Gasteiger partial charge in [0.15, 0.2) is 5.54 Å². The summed E-state index contributed by atoms with van der Waals surface area (Å²) in [6.07, 6.45) is 0.219. The van der Waals surface area contributed by atoms with Crippen LogP contribution in [-0.2, 0) is 9.53 Å². The van der Waals surface area contributed by atoms with Gasteiger partial charge >= 0.3 is 5.97 Å². The third kappa shape index (κ3) is 2.71. The predicted molar refractivity (Wildman–Crippen MR) is 71.3 cm³/mol. The number of carbonyl (C=O) groups excluding carboxylic acids is 1. The minimum atomic E-state index is -1.40. The monoisotopic (exact) mass is 299 g/mol. The largest absolute Gasteiger partial charge is 0.496 e. The third-order valence-corrected chi connectivity index (χ3v) is 3.43. The molecule has 108 valence electrons. The fourth-order valence-corrected chi connectivity index (χ4v) is 2.20. The van der Waals surface area contributed by atoms with Crippen molar-refractivity contribution >= 4 is 23.5 Å². The molecule has 1 fully saturated rings. The first-order valence-electron chi connectivity index (χ1n) is 5.96. The van der Waals surface area contributed by atoms with Gasteiger partial charge in [0.1, 0.15) is 5.75 Å². The van der Waals surface area contributed by atoms with Crippen LogP contribution in [-0.4, -0.2) is 42.8 Å². The Morgan fingerprint density at radius 3 is 2.80 bits per heavy atom. The molecule has 1 unspecified atom stereocenters. The number of ether oxygens (including phenoxy) is 2. The van der Waals surface area contributed by atoms with E-state index in [1.165, 1.54) is 13.2 Å². The number of nitrogens with one attached hydrogen (secondary N) is 1. The molecule has 1 saturated heterocycles. The third-order valence-electron chi connectivity index (χ3n) is 3.19. The van der Waals surface area contributed by atoms with Gasteiger partial charge in [-0.1, -0.05) is 11.6 Å². The molecule has 0 radical (unpaired) electrons. The number of methoxy groups -OCH3 is 1. The Balaban J connectivity index is 2.28. The van der Waals surface area contributed by atoms with Gasteiger partial charge in [0.05, 0.1) is 19.3 Å². The molecule has 1 aromatic rings. The first-order chi connectivity index (χ1) is 9.48. The highest BCUT2D eigenvalue weighted by Crippen LogP contribution is 2.25. The van der Waals surface area contributed by atoms with Crippen molar-refractivity contribution in [3.8, 4) is 5.75 Å². The smallest absolute Gasteiger partial charge is 0.331 e. The number of carboxylic acid groups (broad SMARTS) is 1. The number of carboxylic acids is 1. The van der Waals surface area contributed by atoms with Crippen LogP contribution in [0.15, 0.2) is 18.2 Å². The van der Waals surface area contributed by atoms with Crippen LogP contribution in [0.1, 0.15) is 16.8 Å². The maximum absolute atomic E-state index is 12.3. The molecule has 0 aromatic heterocycles. The fourth-order valence-electron chi connectivity index (χ4n) is 2.03. The maximum atomic E-state index is 12.3. The van der Waals surface area contributed by atoms with Gasteiger partial charge in [-0.25, -0.2) is 4.79 Å². The van der Waals surface area contributed by atoms with Crippen LogP contribution in [0.4, 0.5) is 0 Å². The van der Waals surface area contributed by atoms with Gasteiger partial charge in [-0.05, 0) is 18.2 Å². The van der Waals surface area contributed by atoms with Gasteiger partial charge in [-0.15, -0.1) is 0 Å². The maximum Gasteiger partial charge on any atom is 0.331 e. The van der Waals surface area contributed by atoms with Crippen LogP contribution in [0.2, 0.25) is 5.02 Å². The zero-order chi connectivity index (χ0) is 14.8. The summed E-state index contributed by atoms with van der Waals surface area (Å²) in [4.78, 5) is 23.6. The Labute approximate surface area is 120 Å². The van der Waals surface area contributed by atoms with Crippen LogP contribution < -0.4 is 10.1 Å². The van der Waals surface area contributed by atoms with Crippen molar-refractivity contribution in [2.24, 2.45) is 0 Å². The number of carbonyl (C=O) groups is 2. The number of benzene rings is 1. The summed E-state index contributed by atoms with van der Waals surface area (Å²) in [5.41, 5.74) is -1.21. The van der Waals surface area contributed by atoms with Crippen molar-refractivity contribution in [3.05, 3.63) is 28.8 Å². The van der Waals surface area contributed by atoms with Gasteiger partial charge in [-0.3, -0.25) is 4.79 Å². The summed E-state index contributed by atoms with van der Waals surface area (Å²) in [5.74, 6) is -1.35. The SMILES string of the molecule is COc1ccc(Cl)cc1C(=O)NC1(C(=O)O)CCOC1. The van der Waals surface area contributed by atoms with E-state index in [1.807, 2.05) is 0 Å². The number of rotatable bonds is 4. The van der Waals surface area contributed by atoms with E-state index >= 15 is 0 Å². The summed E-state index contributed by atoms with van der Waals surface area (Å²) < 4.78 is 10.2. The predicted octanol–water partition coefficient (Wildman–Crippen LogP) is 1.32. The Morgan fingerprint density at radius 1 is 1.50 bits per heavy atom. The first-order valence-corrected chi connectivity index (χ1v) is 6.33. The summed E-state index contributed by atoms with van der Waals surface area (Å²) in [7, 11) is 1.42. The minimum Gasteiger partial charge on any atom is -0.496 e. The highest BCUT2D eigenvalue weighted by Gasteiger charge is 2.44. The standard InChI is InChI=1S/C13H14ClNO5/c1-19-10-3-2-8(14)6-9(10)11(16)15-13(12(17)18)4-5-20-7-13/h2-3,6H,4-5,7H2,1H3,(H,15,16)(H,17,18). The van der Waals surface area contributed by atoms with Gasteiger partial charge in [0.25, 0.3) is 5.91 Å². The average molecular weight is 300 g/mol. The molecule has 2 N–H and O–H groups in total. The number of aliphatic carboxylic acids is 1. The van der Waals surface area contributed by atoms with Crippen molar-refractivity contribution < 1.29 is 24.2 Å². The highest BCUT2D eigenvalue weighted by molar-refractivity contribution is 6.31. The number of hydrogen-bond acceptors (Lipinski definition) is 4. The molecular formula is C13H14ClNO5. The molecule has 7 heteroatoms. The Kier molecular flexibility index (Phi) is 4.15. The second-order valence-electron chi connectivity index (χ2n) is 4.49. The van der Waals surface area contributed by atoms with Crippen LogP contribution in [0.5, 0.6) is 5.75 Å². The van der Waals surface area contributed by atoms with Crippen LogP contribution in [0, 0.1) is 0 Å². The summed E-state index contributed by atoms with van der Waals surface area (Å²) >= 11 is 5.86. The molecular weight excluding hydrogens is 286 g/mol. The highest BCUT2D eigenvalue weighted by atomic mass is 35.5. The lowest BCUT2D eigenvalue weighted by Crippen LogP contribution is -2.55. The molecule has 1 atom stereocenters. The van der Waals surface area contributed by atoms with E-state index in [4.69, 9.17) is 21.1 Å². The molecule has 0 spiro atoms. The molecule has 1 aromatic carbocycles. The second-order valence-corrected chi connectivity index (χ2v) is 4.93. The lowest BCUT2D eigenvalue weighted by Gasteiger charge is -2.24. The molecule has 0 bridgehead atoms. The van der Waals surface area contributed by atoms with Gasteiger partial charge in [0, 0.05) is 18.1 Å². The van der Waals surface area contributed by atoms with Crippen molar-refractivity contribution in [3.63, 3.8) is 0 Å². The molecule has 1 aliphatic rings. The number of hydrogen-bond donors (Lipinski definition) is 2. The van der Waals surface area contributed by atoms with E-state index in [2.05, 4.69) is 5.32 Å². The Bertz CT molecular complexity index is 540. The fraction of sp³-hybridized carbons (Fsp3) is 0.385. The van der Waals surface area contributed by atoms with Gasteiger partial charge in [0.2, 0.25) is 0 Å². The van der Waals surface area contributed by atoms with E-state index in [1.54, 1.807) is 12.1 Å². The molecule has 1 aliphatic heterocycles. The van der Waals surface area contributed by atoms with Crippen molar-refractivity contribution in [2.75, 3.05) is 20.3 Å². The number of halogens is 1. The van der Waals surface area contributed by atoms with Gasteiger partial charge < -0.3 is 19.9 Å². The molecule has 0 saturated carbocycles. The summed E-state index contributed by atoms with van der Waals surface area (Å²) in [5, 5.41) is 12.2. The van der Waals surface area contributed by atoms with Crippen molar-refractivity contribution in [1.29, 1.82) is 0 Å². The van der Waals surface area contributed by atoms with Crippen LogP contribution in [0.3, 0.4) is 0 Å². The molecule has 1 heterocycles. The van der Waals surface area contributed by atoms with E-state index in [0.29, 0.717) is 17.4 Å².